The summed E-state index contributed by atoms with van der Waals surface area (Å²) in [6, 6.07) is 5.38. The fourth-order valence-electron chi connectivity index (χ4n) is 8.41. The van der Waals surface area contributed by atoms with E-state index in [0.29, 0.717) is 24.3 Å². The number of aliphatic hydroxyl groups is 1. The summed E-state index contributed by atoms with van der Waals surface area (Å²) in [5, 5.41) is 12.2. The number of fused-ring (bicyclic) bond motifs is 5. The minimum Gasteiger partial charge on any atom is -0.434 e. The van der Waals surface area contributed by atoms with Gasteiger partial charge in [-0.1, -0.05) is 57.4 Å². The molecule has 0 amide bonds. The average Bonchev–Trinajstić information content (AvgIpc) is 3.26. The van der Waals surface area contributed by atoms with Gasteiger partial charge < -0.3 is 14.6 Å². The number of rotatable bonds is 9. The van der Waals surface area contributed by atoms with Gasteiger partial charge in [0.25, 0.3) is 10.1 Å². The predicted molar refractivity (Wildman–Crippen MR) is 162 cm³/mol. The monoisotopic (exact) mass is 648 g/mol. The lowest BCUT2D eigenvalue weighted by Gasteiger charge is -2.59. The standard InChI is InChI=1S/C33H41ClO9S/c1-5-20(2)18-41-30(38)43-33(28(37)19-42-44(39,40)24-9-7-22(34)8-10-24)15-13-26-25-11-6-21-16-23(35)12-14-31(21,3)29(25)27(36)17-32(26,33)4/h7-10,12,14,16,20,25-27,29,36H,5-6,11,13,15,17-19H2,1-4H3/t20?,25-,26-,27?,29+,31-,32-,33-/m0/s1. The zero-order valence-electron chi connectivity index (χ0n) is 25.6. The first-order valence-corrected chi connectivity index (χ1v) is 17.1. The summed E-state index contributed by atoms with van der Waals surface area (Å²) in [4.78, 5) is 39.4. The Balaban J connectivity index is 1.46. The molecule has 0 heterocycles. The number of hydrogen-bond donors (Lipinski definition) is 1. The molecule has 0 aliphatic heterocycles. The van der Waals surface area contributed by atoms with Crippen molar-refractivity contribution in [3.05, 3.63) is 53.1 Å². The molecule has 2 unspecified atom stereocenters. The molecule has 8 atom stereocenters. The largest absolute Gasteiger partial charge is 0.509 e. The van der Waals surface area contributed by atoms with E-state index in [2.05, 4.69) is 6.92 Å². The first kappa shape index (κ1) is 32.9. The second-order valence-electron chi connectivity index (χ2n) is 13.3. The highest BCUT2D eigenvalue weighted by Crippen LogP contribution is 2.68. The number of ether oxygens (including phenoxy) is 2. The Morgan fingerprint density at radius 1 is 1.16 bits per heavy atom. The third-order valence-corrected chi connectivity index (χ3v) is 12.5. The smallest absolute Gasteiger partial charge is 0.434 e. The Labute approximate surface area is 264 Å². The molecule has 1 aromatic rings. The van der Waals surface area contributed by atoms with Gasteiger partial charge in [-0.2, -0.15) is 8.42 Å². The van der Waals surface area contributed by atoms with E-state index in [1.54, 1.807) is 12.2 Å². The lowest BCUT2D eigenvalue weighted by atomic mass is 9.46. The number of allylic oxidation sites excluding steroid dienone is 4. The van der Waals surface area contributed by atoms with Crippen LogP contribution in [0.4, 0.5) is 4.79 Å². The molecule has 0 radical (unpaired) electrons. The molecule has 0 bridgehead atoms. The van der Waals surface area contributed by atoms with Crippen molar-refractivity contribution in [3.63, 3.8) is 0 Å². The number of aliphatic hydroxyl groups excluding tert-OH is 1. The van der Waals surface area contributed by atoms with Gasteiger partial charge in [-0.15, -0.1) is 0 Å². The molecule has 240 valence electrons. The van der Waals surface area contributed by atoms with Crippen molar-refractivity contribution in [1.29, 1.82) is 0 Å². The van der Waals surface area contributed by atoms with Crippen LogP contribution in [0, 0.1) is 34.5 Å². The highest BCUT2D eigenvalue weighted by atomic mass is 35.5. The van der Waals surface area contributed by atoms with Crippen LogP contribution in [0.5, 0.6) is 0 Å². The van der Waals surface area contributed by atoms with Gasteiger partial charge in [0.1, 0.15) is 6.61 Å². The highest BCUT2D eigenvalue weighted by molar-refractivity contribution is 7.86. The van der Waals surface area contributed by atoms with Gasteiger partial charge in [0, 0.05) is 21.8 Å². The molecule has 1 N–H and O–H groups in total. The molecule has 0 saturated heterocycles. The predicted octanol–water partition coefficient (Wildman–Crippen LogP) is 5.83. The van der Waals surface area contributed by atoms with Crippen LogP contribution < -0.4 is 0 Å². The summed E-state index contributed by atoms with van der Waals surface area (Å²) in [6.07, 6.45) is 6.20. The third-order valence-electron chi connectivity index (χ3n) is 11.0. The number of halogens is 1. The van der Waals surface area contributed by atoms with Crippen molar-refractivity contribution in [3.8, 4) is 0 Å². The van der Waals surface area contributed by atoms with E-state index in [4.69, 9.17) is 25.3 Å². The maximum atomic E-state index is 14.2. The second kappa shape index (κ2) is 12.0. The van der Waals surface area contributed by atoms with E-state index in [0.717, 1.165) is 12.0 Å². The fraction of sp³-hybridized carbons (Fsp3) is 0.606. The Morgan fingerprint density at radius 2 is 1.86 bits per heavy atom. The van der Waals surface area contributed by atoms with Gasteiger partial charge in [0.15, 0.2) is 11.4 Å². The Kier molecular flexibility index (Phi) is 8.96. The van der Waals surface area contributed by atoms with E-state index >= 15 is 0 Å². The number of ketones is 2. The van der Waals surface area contributed by atoms with Gasteiger partial charge in [0.05, 0.1) is 17.6 Å². The Bertz CT molecular complexity index is 1480. The zero-order chi connectivity index (χ0) is 32.1. The summed E-state index contributed by atoms with van der Waals surface area (Å²) in [7, 11) is -4.33. The van der Waals surface area contributed by atoms with Gasteiger partial charge in [-0.05, 0) is 86.3 Å². The van der Waals surface area contributed by atoms with Crippen LogP contribution in [0.25, 0.3) is 0 Å². The normalized spacial score (nSPS) is 35.1. The highest BCUT2D eigenvalue weighted by Gasteiger charge is 2.70. The average molecular weight is 649 g/mol. The van der Waals surface area contributed by atoms with Crippen LogP contribution in [-0.2, 0) is 33.4 Å². The van der Waals surface area contributed by atoms with Crippen LogP contribution in [0.15, 0.2) is 53.0 Å². The second-order valence-corrected chi connectivity index (χ2v) is 15.4. The van der Waals surface area contributed by atoms with E-state index < -0.39 is 51.2 Å². The number of carbonyl (C=O) groups is 3. The summed E-state index contributed by atoms with van der Waals surface area (Å²) >= 11 is 5.90. The summed E-state index contributed by atoms with van der Waals surface area (Å²) in [5.74, 6) is -1.04. The minimum absolute atomic E-state index is 0.0307. The quantitative estimate of drug-likeness (QED) is 0.259. The minimum atomic E-state index is -4.33. The molecule has 44 heavy (non-hydrogen) atoms. The van der Waals surface area contributed by atoms with Crippen LogP contribution in [0.3, 0.4) is 0 Å². The van der Waals surface area contributed by atoms with E-state index in [-0.39, 0.29) is 53.8 Å². The molecule has 11 heteroatoms. The number of carbonyl (C=O) groups excluding carboxylic acids is 3. The lowest BCUT2D eigenvalue weighted by Crippen LogP contribution is -2.63. The van der Waals surface area contributed by atoms with Gasteiger partial charge in [-0.3, -0.25) is 13.8 Å². The maximum Gasteiger partial charge on any atom is 0.509 e. The zero-order valence-corrected chi connectivity index (χ0v) is 27.2. The number of benzene rings is 1. The maximum absolute atomic E-state index is 14.2. The topological polar surface area (TPSA) is 133 Å². The van der Waals surface area contributed by atoms with Crippen molar-refractivity contribution < 1.29 is 41.6 Å². The molecule has 0 aromatic heterocycles. The molecule has 3 saturated carbocycles. The summed E-state index contributed by atoms with van der Waals surface area (Å²) in [5.41, 5.74) is -2.32. The van der Waals surface area contributed by atoms with Crippen molar-refractivity contribution in [2.24, 2.45) is 34.5 Å². The Hall–Kier alpha value is -2.53. The first-order chi connectivity index (χ1) is 20.7. The van der Waals surface area contributed by atoms with Gasteiger partial charge >= 0.3 is 6.16 Å². The summed E-state index contributed by atoms with van der Waals surface area (Å²) in [6.45, 7) is 7.04. The van der Waals surface area contributed by atoms with Crippen LogP contribution in [-0.4, -0.2) is 56.2 Å². The van der Waals surface area contributed by atoms with Crippen LogP contribution in [0.1, 0.15) is 66.2 Å². The van der Waals surface area contributed by atoms with E-state index in [1.165, 1.54) is 24.3 Å². The van der Waals surface area contributed by atoms with Crippen LogP contribution >= 0.6 is 11.6 Å². The van der Waals surface area contributed by atoms with E-state index in [9.17, 15) is 27.9 Å². The van der Waals surface area contributed by atoms with Gasteiger partial charge in [0.2, 0.25) is 5.78 Å². The van der Waals surface area contributed by atoms with Crippen molar-refractivity contribution in [2.75, 3.05) is 13.2 Å². The molecule has 4 aliphatic rings. The SMILES string of the molecule is CCC(C)COC(=O)O[C@]1(C(=O)COS(=O)(=O)c2ccc(Cl)cc2)CC[C@H]2[C@@H]3CCC4=CC(=O)C=C[C@]4(C)[C@H]3C(O)C[C@@]21C. The molecule has 4 aliphatic carbocycles. The molecule has 5 rings (SSSR count). The first-order valence-electron chi connectivity index (χ1n) is 15.3. The van der Waals surface area contributed by atoms with Gasteiger partial charge in [-0.25, -0.2) is 4.79 Å². The molecular weight excluding hydrogens is 608 g/mol. The number of Topliss-reactive ketones (excluding diaryl/α,β-unsaturated/α-hetero) is 1. The summed E-state index contributed by atoms with van der Waals surface area (Å²) < 4.78 is 42.6. The van der Waals surface area contributed by atoms with Crippen LogP contribution in [0.2, 0.25) is 5.02 Å². The molecule has 0 spiro atoms. The molecular formula is C33H41ClO9S. The van der Waals surface area contributed by atoms with E-state index in [1.807, 2.05) is 26.8 Å². The molecule has 9 nitrogen and oxygen atoms in total. The molecule has 1 aromatic carbocycles. The van der Waals surface area contributed by atoms with Crippen molar-refractivity contribution in [2.45, 2.75) is 82.8 Å². The number of hydrogen-bond acceptors (Lipinski definition) is 9. The third kappa shape index (κ3) is 5.56. The van der Waals surface area contributed by atoms with Crippen molar-refractivity contribution in [1.82, 2.24) is 0 Å². The molecule has 3 fully saturated rings. The Morgan fingerprint density at radius 3 is 2.55 bits per heavy atom. The fourth-order valence-corrected chi connectivity index (χ4v) is 9.41. The van der Waals surface area contributed by atoms with Crippen molar-refractivity contribution >= 4 is 39.4 Å². The lowest BCUT2D eigenvalue weighted by molar-refractivity contribution is -0.183.